The Hall–Kier alpha value is -4.89. The minimum Gasteiger partial charge on any atom is -0.359 e. The van der Waals surface area contributed by atoms with Crippen molar-refractivity contribution in [2.45, 2.75) is 19.0 Å². The predicted molar refractivity (Wildman–Crippen MR) is 150 cm³/mol. The van der Waals surface area contributed by atoms with E-state index in [4.69, 9.17) is 11.6 Å². The fraction of sp³-hybridized carbons (Fsp3) is 0.161. The smallest absolute Gasteiger partial charge is 0.269 e. The lowest BCUT2D eigenvalue weighted by Crippen LogP contribution is -2.46. The molecule has 2 fully saturated rings. The molecule has 3 aliphatic rings. The zero-order valence-electron chi connectivity index (χ0n) is 21.6. The standard InChI is InChI=1S/C31H22ClN3O6/c1-17-15-22(35(40)41)11-12-23(17)34-30(38)25-24-16-20(28(36)18-5-3-2-4-6-18)13-14-33(24)27(26(25)31(34)39)29(37)19-7-9-21(32)10-8-19/h2-16,24-27H,1H3. The van der Waals surface area contributed by atoms with Crippen molar-refractivity contribution in [3.05, 3.63) is 129 Å². The van der Waals surface area contributed by atoms with Gasteiger partial charge in [-0.3, -0.25) is 29.3 Å². The van der Waals surface area contributed by atoms with Crippen molar-refractivity contribution in [1.82, 2.24) is 4.90 Å². The monoisotopic (exact) mass is 567 g/mol. The van der Waals surface area contributed by atoms with Crippen LogP contribution in [0.4, 0.5) is 11.4 Å². The molecule has 41 heavy (non-hydrogen) atoms. The Kier molecular flexibility index (Phi) is 6.38. The second-order valence-corrected chi connectivity index (χ2v) is 10.6. The van der Waals surface area contributed by atoms with E-state index in [2.05, 4.69) is 0 Å². The Bertz CT molecular complexity index is 1700. The van der Waals surface area contributed by atoms with Crippen LogP contribution in [-0.4, -0.2) is 45.3 Å². The summed E-state index contributed by atoms with van der Waals surface area (Å²) in [6, 6.07) is 17.1. The fourth-order valence-corrected chi connectivity index (χ4v) is 6.11. The maximum Gasteiger partial charge on any atom is 0.269 e. The van der Waals surface area contributed by atoms with Gasteiger partial charge in [0.2, 0.25) is 11.8 Å². The Morgan fingerprint density at radius 2 is 1.59 bits per heavy atom. The lowest BCUT2D eigenvalue weighted by Gasteiger charge is -2.33. The van der Waals surface area contributed by atoms with Crippen molar-refractivity contribution in [2.24, 2.45) is 11.8 Å². The first-order valence-electron chi connectivity index (χ1n) is 12.9. The number of nitro benzene ring substituents is 1. The van der Waals surface area contributed by atoms with E-state index in [1.54, 1.807) is 84.8 Å². The van der Waals surface area contributed by atoms with Crippen molar-refractivity contribution < 1.29 is 24.1 Å². The number of hydrogen-bond donors (Lipinski definition) is 0. The van der Waals surface area contributed by atoms with Gasteiger partial charge in [0, 0.05) is 40.1 Å². The predicted octanol–water partition coefficient (Wildman–Crippen LogP) is 4.93. The minimum absolute atomic E-state index is 0.170. The SMILES string of the molecule is Cc1cc([N+](=O)[O-])ccc1N1C(=O)C2C(C1=O)C(C(=O)c1ccc(Cl)cc1)N1C=CC(C(=O)c3ccccc3)=CC21. The molecule has 3 aromatic rings. The molecule has 0 bridgehead atoms. The molecule has 2 saturated heterocycles. The first-order valence-corrected chi connectivity index (χ1v) is 13.2. The number of halogens is 1. The van der Waals surface area contributed by atoms with Crippen LogP contribution in [0.1, 0.15) is 26.3 Å². The number of non-ortho nitro benzene ring substituents is 1. The molecule has 0 aromatic heterocycles. The summed E-state index contributed by atoms with van der Waals surface area (Å²) >= 11 is 6.03. The maximum atomic E-state index is 14.0. The molecule has 6 rings (SSSR count). The van der Waals surface area contributed by atoms with Crippen LogP contribution in [0.5, 0.6) is 0 Å². The first-order chi connectivity index (χ1) is 19.7. The number of benzene rings is 3. The number of nitro groups is 1. The van der Waals surface area contributed by atoms with Gasteiger partial charge in [-0.1, -0.05) is 48.0 Å². The third-order valence-corrected chi connectivity index (χ3v) is 8.13. The first kappa shape index (κ1) is 26.3. The van der Waals surface area contributed by atoms with Gasteiger partial charge in [0.15, 0.2) is 11.6 Å². The van der Waals surface area contributed by atoms with Gasteiger partial charge in [0.25, 0.3) is 5.69 Å². The quantitative estimate of drug-likeness (QED) is 0.179. The van der Waals surface area contributed by atoms with Crippen LogP contribution < -0.4 is 4.90 Å². The summed E-state index contributed by atoms with van der Waals surface area (Å²) < 4.78 is 0. The second kappa shape index (κ2) is 9.94. The number of anilines is 1. The molecular weight excluding hydrogens is 546 g/mol. The number of nitrogens with zero attached hydrogens (tertiary/aromatic N) is 3. The Morgan fingerprint density at radius 3 is 2.24 bits per heavy atom. The van der Waals surface area contributed by atoms with Crippen LogP contribution in [0.25, 0.3) is 0 Å². The van der Waals surface area contributed by atoms with Crippen molar-refractivity contribution in [3.63, 3.8) is 0 Å². The summed E-state index contributed by atoms with van der Waals surface area (Å²) in [7, 11) is 0. The molecule has 3 heterocycles. The molecule has 4 atom stereocenters. The van der Waals surface area contributed by atoms with Crippen molar-refractivity contribution in [3.8, 4) is 0 Å². The summed E-state index contributed by atoms with van der Waals surface area (Å²) in [5.74, 6) is -3.71. The van der Waals surface area contributed by atoms with E-state index >= 15 is 0 Å². The number of Topliss-reactive ketones (excluding diaryl/α,β-unsaturated/α-hetero) is 2. The topological polar surface area (TPSA) is 118 Å². The normalized spacial score (nSPS) is 22.8. The molecular formula is C31H22ClN3O6. The lowest BCUT2D eigenvalue weighted by molar-refractivity contribution is -0.384. The number of rotatable bonds is 6. The number of allylic oxidation sites excluding steroid dienone is 2. The highest BCUT2D eigenvalue weighted by molar-refractivity contribution is 6.30. The summed E-state index contributed by atoms with van der Waals surface area (Å²) in [6.45, 7) is 1.58. The molecule has 9 nitrogen and oxygen atoms in total. The number of imide groups is 1. The molecule has 0 radical (unpaired) electrons. The van der Waals surface area contributed by atoms with E-state index in [1.165, 1.54) is 18.2 Å². The molecule has 10 heteroatoms. The Labute approximate surface area is 239 Å². The molecule has 0 N–H and O–H groups in total. The van der Waals surface area contributed by atoms with E-state index in [0.717, 1.165) is 4.90 Å². The molecule has 0 spiro atoms. The summed E-state index contributed by atoms with van der Waals surface area (Å²) in [5, 5.41) is 11.7. The molecule has 0 saturated carbocycles. The molecule has 3 aromatic carbocycles. The van der Waals surface area contributed by atoms with Crippen LogP contribution in [0.2, 0.25) is 5.02 Å². The highest BCUT2D eigenvalue weighted by Gasteiger charge is 2.63. The second-order valence-electron chi connectivity index (χ2n) is 10.2. The Balaban J connectivity index is 1.44. The van der Waals surface area contributed by atoms with E-state index in [0.29, 0.717) is 27.3 Å². The van der Waals surface area contributed by atoms with E-state index < -0.39 is 40.7 Å². The third kappa shape index (κ3) is 4.25. The van der Waals surface area contributed by atoms with Crippen LogP contribution >= 0.6 is 11.6 Å². The maximum absolute atomic E-state index is 14.0. The largest absolute Gasteiger partial charge is 0.359 e. The van der Waals surface area contributed by atoms with E-state index in [9.17, 15) is 29.3 Å². The average molecular weight is 568 g/mol. The zero-order valence-corrected chi connectivity index (χ0v) is 22.4. The number of fused-ring (bicyclic) bond motifs is 3. The Morgan fingerprint density at radius 1 is 0.902 bits per heavy atom. The number of aryl methyl sites for hydroxylation is 1. The van der Waals surface area contributed by atoms with Crippen LogP contribution in [-0.2, 0) is 9.59 Å². The van der Waals surface area contributed by atoms with Crippen molar-refractivity contribution in [1.29, 1.82) is 0 Å². The van der Waals surface area contributed by atoms with Crippen LogP contribution in [0.3, 0.4) is 0 Å². The van der Waals surface area contributed by atoms with Gasteiger partial charge in [-0.2, -0.15) is 0 Å². The molecule has 204 valence electrons. The number of ketones is 2. The highest BCUT2D eigenvalue weighted by Crippen LogP contribution is 2.47. The summed E-state index contributed by atoms with van der Waals surface area (Å²) in [6.07, 6.45) is 4.86. The number of carbonyl (C=O) groups is 4. The van der Waals surface area contributed by atoms with Crippen LogP contribution in [0, 0.1) is 28.9 Å². The van der Waals surface area contributed by atoms with E-state index in [-0.39, 0.29) is 22.9 Å². The number of amides is 2. The summed E-state index contributed by atoms with van der Waals surface area (Å²) in [5.41, 5.74) is 1.57. The van der Waals surface area contributed by atoms with Crippen molar-refractivity contribution in [2.75, 3.05) is 4.90 Å². The molecule has 2 amide bonds. The third-order valence-electron chi connectivity index (χ3n) is 7.88. The van der Waals surface area contributed by atoms with Crippen molar-refractivity contribution >= 4 is 46.4 Å². The molecule has 4 unspecified atom stereocenters. The number of carbonyl (C=O) groups excluding carboxylic acids is 4. The fourth-order valence-electron chi connectivity index (χ4n) is 5.98. The van der Waals surface area contributed by atoms with Gasteiger partial charge in [0.1, 0.15) is 6.04 Å². The van der Waals surface area contributed by atoms with Gasteiger partial charge in [-0.15, -0.1) is 0 Å². The van der Waals surface area contributed by atoms with Gasteiger partial charge < -0.3 is 4.90 Å². The number of hydrogen-bond acceptors (Lipinski definition) is 7. The van der Waals surface area contributed by atoms with Gasteiger partial charge in [-0.25, -0.2) is 4.90 Å². The van der Waals surface area contributed by atoms with Gasteiger partial charge in [-0.05, 0) is 48.9 Å². The molecule has 3 aliphatic heterocycles. The van der Waals surface area contributed by atoms with Gasteiger partial charge in [0.05, 0.1) is 28.5 Å². The summed E-state index contributed by atoms with van der Waals surface area (Å²) in [4.78, 5) is 68.6. The highest BCUT2D eigenvalue weighted by atomic mass is 35.5. The molecule has 0 aliphatic carbocycles. The minimum atomic E-state index is -1.04. The van der Waals surface area contributed by atoms with E-state index in [1.807, 2.05) is 0 Å². The zero-order chi connectivity index (χ0) is 29.0. The van der Waals surface area contributed by atoms with Gasteiger partial charge >= 0.3 is 0 Å². The lowest BCUT2D eigenvalue weighted by atomic mass is 9.85. The van der Waals surface area contributed by atoms with Crippen LogP contribution in [0.15, 0.2) is 96.7 Å². The average Bonchev–Trinajstić information content (AvgIpc) is 3.44.